The quantitative estimate of drug-likeness (QED) is 0.482. The molecule has 2 N–H and O–H groups in total. The van der Waals surface area contributed by atoms with E-state index in [-0.39, 0.29) is 0 Å². The van der Waals surface area contributed by atoms with Crippen molar-refractivity contribution in [3.8, 4) is 0 Å². The molecule has 0 saturated heterocycles. The molecule has 0 bridgehead atoms. The summed E-state index contributed by atoms with van der Waals surface area (Å²) < 4.78 is 15.2. The van der Waals surface area contributed by atoms with Crippen LogP contribution in [0.25, 0.3) is 0 Å². The molecule has 0 aromatic heterocycles. The van der Waals surface area contributed by atoms with Crippen LogP contribution in [0.15, 0.2) is 24.3 Å². The molecule has 2 unspecified atom stereocenters. The van der Waals surface area contributed by atoms with Crippen molar-refractivity contribution in [3.05, 3.63) is 29.8 Å². The highest BCUT2D eigenvalue weighted by molar-refractivity contribution is 5.89. The number of hydrogen-bond donors (Lipinski definition) is 1. The number of esters is 1. The molecule has 0 saturated carbocycles. The monoisotopic (exact) mass is 239 g/mol. The summed E-state index contributed by atoms with van der Waals surface area (Å²) in [7, 11) is 1.51. The summed E-state index contributed by atoms with van der Waals surface area (Å²) in [5, 5.41) is 0. The first kappa shape index (κ1) is 13.5. The predicted octanol–water partition coefficient (Wildman–Crippen LogP) is 1.78. The molecule has 1 aromatic rings. The number of ether oxygens (including phenoxy) is 3. The number of rotatable bonds is 5. The van der Waals surface area contributed by atoms with E-state index in [1.807, 2.05) is 0 Å². The van der Waals surface area contributed by atoms with Gasteiger partial charge in [0.2, 0.25) is 6.29 Å². The van der Waals surface area contributed by atoms with E-state index in [1.54, 1.807) is 38.1 Å². The Bertz CT molecular complexity index is 363. The second-order valence-corrected chi connectivity index (χ2v) is 3.53. The number of benzene rings is 1. The van der Waals surface area contributed by atoms with Gasteiger partial charge in [-0.05, 0) is 38.1 Å². The van der Waals surface area contributed by atoms with E-state index in [9.17, 15) is 4.79 Å². The van der Waals surface area contributed by atoms with E-state index < -0.39 is 18.5 Å². The number of methoxy groups -OCH3 is 1. The van der Waals surface area contributed by atoms with Crippen molar-refractivity contribution in [3.63, 3.8) is 0 Å². The summed E-state index contributed by atoms with van der Waals surface area (Å²) >= 11 is 0. The molecule has 94 valence electrons. The summed E-state index contributed by atoms with van der Waals surface area (Å²) in [6.07, 6.45) is -1.10. The molecule has 2 atom stereocenters. The molecular formula is C12H17NO4. The van der Waals surface area contributed by atoms with E-state index in [0.29, 0.717) is 11.3 Å². The van der Waals surface area contributed by atoms with Crippen LogP contribution in [0.3, 0.4) is 0 Å². The fourth-order valence-electron chi connectivity index (χ4n) is 1.19. The summed E-state index contributed by atoms with van der Waals surface area (Å²) in [4.78, 5) is 11.7. The van der Waals surface area contributed by atoms with Gasteiger partial charge >= 0.3 is 5.97 Å². The maximum Gasteiger partial charge on any atom is 0.340 e. The molecule has 0 heterocycles. The van der Waals surface area contributed by atoms with Gasteiger partial charge < -0.3 is 19.9 Å². The highest BCUT2D eigenvalue weighted by atomic mass is 16.8. The van der Waals surface area contributed by atoms with Gasteiger partial charge in [-0.15, -0.1) is 0 Å². The zero-order chi connectivity index (χ0) is 12.8. The van der Waals surface area contributed by atoms with Crippen LogP contribution in [0.5, 0.6) is 0 Å². The summed E-state index contributed by atoms with van der Waals surface area (Å²) in [5.74, 6) is -0.458. The van der Waals surface area contributed by atoms with Crippen LogP contribution >= 0.6 is 0 Å². The van der Waals surface area contributed by atoms with Gasteiger partial charge in [-0.2, -0.15) is 0 Å². The smallest absolute Gasteiger partial charge is 0.340 e. The first-order valence-corrected chi connectivity index (χ1v) is 5.27. The Morgan fingerprint density at radius 2 is 1.76 bits per heavy atom. The molecular weight excluding hydrogens is 222 g/mol. The molecule has 17 heavy (non-hydrogen) atoms. The Hall–Kier alpha value is -1.59. The van der Waals surface area contributed by atoms with Gasteiger partial charge in [0.05, 0.1) is 5.56 Å². The standard InChI is InChI=1S/C12H17NO4/c1-8(15-3)16-9(2)17-12(14)10-4-6-11(13)7-5-10/h4-9H,13H2,1-3H3. The Labute approximate surface area is 100 Å². The van der Waals surface area contributed by atoms with Crippen molar-refractivity contribution in [2.24, 2.45) is 0 Å². The van der Waals surface area contributed by atoms with E-state index in [0.717, 1.165) is 0 Å². The van der Waals surface area contributed by atoms with Crippen molar-refractivity contribution >= 4 is 11.7 Å². The lowest BCUT2D eigenvalue weighted by Gasteiger charge is -2.18. The third-order valence-corrected chi connectivity index (χ3v) is 2.13. The summed E-state index contributed by atoms with van der Waals surface area (Å²) in [5.41, 5.74) is 6.55. The number of hydrogen-bond acceptors (Lipinski definition) is 5. The van der Waals surface area contributed by atoms with E-state index in [2.05, 4.69) is 0 Å². The topological polar surface area (TPSA) is 70.8 Å². The lowest BCUT2D eigenvalue weighted by atomic mass is 10.2. The van der Waals surface area contributed by atoms with E-state index in [1.165, 1.54) is 7.11 Å². The highest BCUT2D eigenvalue weighted by Gasteiger charge is 2.14. The fourth-order valence-corrected chi connectivity index (χ4v) is 1.19. The number of nitrogens with two attached hydrogens (primary N) is 1. The maximum absolute atomic E-state index is 11.7. The van der Waals surface area contributed by atoms with Crippen LogP contribution in [0.4, 0.5) is 5.69 Å². The lowest BCUT2D eigenvalue weighted by molar-refractivity contribution is -0.203. The van der Waals surface area contributed by atoms with Gasteiger partial charge in [0.15, 0.2) is 6.29 Å². The average Bonchev–Trinajstić information content (AvgIpc) is 2.29. The number of carbonyl (C=O) groups is 1. The van der Waals surface area contributed by atoms with Gasteiger partial charge in [-0.1, -0.05) is 0 Å². The molecule has 0 fully saturated rings. The van der Waals surface area contributed by atoms with Crippen LogP contribution < -0.4 is 5.73 Å². The van der Waals surface area contributed by atoms with Crippen LogP contribution in [0.2, 0.25) is 0 Å². The summed E-state index contributed by atoms with van der Waals surface area (Å²) in [6, 6.07) is 6.48. The first-order chi connectivity index (χ1) is 8.02. The van der Waals surface area contributed by atoms with Crippen LogP contribution in [0.1, 0.15) is 24.2 Å². The second kappa shape index (κ2) is 6.22. The molecule has 0 aliphatic carbocycles. The minimum atomic E-state index is -0.671. The van der Waals surface area contributed by atoms with Crippen molar-refractivity contribution in [2.45, 2.75) is 26.4 Å². The maximum atomic E-state index is 11.7. The number of anilines is 1. The minimum absolute atomic E-state index is 0.427. The van der Waals surface area contributed by atoms with Crippen LogP contribution in [0, 0.1) is 0 Å². The third kappa shape index (κ3) is 4.42. The van der Waals surface area contributed by atoms with E-state index in [4.69, 9.17) is 19.9 Å². The SMILES string of the molecule is COC(C)OC(C)OC(=O)c1ccc(N)cc1. The lowest BCUT2D eigenvalue weighted by Crippen LogP contribution is -2.24. The number of carbonyl (C=O) groups excluding carboxylic acids is 1. The molecule has 5 heteroatoms. The van der Waals surface area contributed by atoms with Gasteiger partial charge in [-0.25, -0.2) is 4.79 Å². The van der Waals surface area contributed by atoms with Crippen molar-refractivity contribution in [1.29, 1.82) is 0 Å². The molecule has 0 radical (unpaired) electrons. The van der Waals surface area contributed by atoms with Crippen molar-refractivity contribution < 1.29 is 19.0 Å². The van der Waals surface area contributed by atoms with Gasteiger partial charge in [-0.3, -0.25) is 0 Å². The molecule has 1 aromatic carbocycles. The molecule has 5 nitrogen and oxygen atoms in total. The Morgan fingerprint density at radius 3 is 2.29 bits per heavy atom. The zero-order valence-corrected chi connectivity index (χ0v) is 10.2. The number of nitrogen functional groups attached to an aromatic ring is 1. The molecule has 0 aliphatic rings. The third-order valence-electron chi connectivity index (χ3n) is 2.13. The van der Waals surface area contributed by atoms with Crippen LogP contribution in [-0.2, 0) is 14.2 Å². The Kier molecular flexibility index (Phi) is 4.93. The molecule has 0 aliphatic heterocycles. The second-order valence-electron chi connectivity index (χ2n) is 3.53. The molecule has 0 spiro atoms. The first-order valence-electron chi connectivity index (χ1n) is 5.27. The van der Waals surface area contributed by atoms with Gasteiger partial charge in [0.1, 0.15) is 0 Å². The normalized spacial score (nSPS) is 14.1. The Balaban J connectivity index is 2.51. The highest BCUT2D eigenvalue weighted by Crippen LogP contribution is 2.09. The molecule has 1 rings (SSSR count). The van der Waals surface area contributed by atoms with Crippen molar-refractivity contribution in [2.75, 3.05) is 12.8 Å². The average molecular weight is 239 g/mol. The van der Waals surface area contributed by atoms with Crippen molar-refractivity contribution in [1.82, 2.24) is 0 Å². The predicted molar refractivity (Wildman–Crippen MR) is 63.3 cm³/mol. The minimum Gasteiger partial charge on any atom is -0.432 e. The van der Waals surface area contributed by atoms with Gasteiger partial charge in [0, 0.05) is 12.8 Å². The van der Waals surface area contributed by atoms with E-state index >= 15 is 0 Å². The summed E-state index contributed by atoms with van der Waals surface area (Å²) in [6.45, 7) is 3.35. The Morgan fingerprint density at radius 1 is 1.18 bits per heavy atom. The zero-order valence-electron chi connectivity index (χ0n) is 10.2. The van der Waals surface area contributed by atoms with Crippen LogP contribution in [-0.4, -0.2) is 25.7 Å². The van der Waals surface area contributed by atoms with Gasteiger partial charge in [0.25, 0.3) is 0 Å². The largest absolute Gasteiger partial charge is 0.432 e. The fraction of sp³-hybridized carbons (Fsp3) is 0.417. The molecule has 0 amide bonds.